The molecule has 0 aromatic rings. The van der Waals surface area contributed by atoms with Crippen LogP contribution >= 0.6 is 15.3 Å². The summed E-state index contributed by atoms with van der Waals surface area (Å²) in [5.41, 5.74) is 0. The van der Waals surface area contributed by atoms with E-state index >= 15 is 0 Å². The molecule has 0 saturated heterocycles. The molecule has 0 aromatic heterocycles. The summed E-state index contributed by atoms with van der Waals surface area (Å²) in [6.07, 6.45) is 13.0. The van der Waals surface area contributed by atoms with E-state index in [1.54, 1.807) is 0 Å². The van der Waals surface area contributed by atoms with E-state index in [1.165, 1.54) is 57.8 Å². The topological polar surface area (TPSA) is 0 Å². The molecule has 0 saturated carbocycles. The number of hydrogen-bond acceptors (Lipinski definition) is 0. The molecule has 0 spiro atoms. The highest BCUT2D eigenvalue weighted by Gasteiger charge is 2.15. The van der Waals surface area contributed by atoms with E-state index in [0.29, 0.717) is 5.04 Å². The molecular weight excluding hydrogens is 264 g/mol. The molecule has 0 radical (unpaired) electrons. The van der Waals surface area contributed by atoms with Gasteiger partial charge in [-0.25, -0.2) is 0 Å². The Morgan fingerprint density at radius 3 is 1.80 bits per heavy atom. The number of hydrogen-bond donors (Lipinski definition) is 0. The molecule has 0 nitrogen and oxygen atoms in total. The molecule has 0 fully saturated rings. The number of halogens is 1. The van der Waals surface area contributed by atoms with Gasteiger partial charge in [-0.3, -0.25) is 0 Å². The van der Waals surface area contributed by atoms with Gasteiger partial charge >= 0.3 is 0 Å². The van der Waals surface area contributed by atoms with Crippen LogP contribution in [0.2, 0.25) is 5.04 Å². The Morgan fingerprint density at radius 2 is 1.33 bits per heavy atom. The molecular formula is C13H29BrSi. The van der Waals surface area contributed by atoms with Gasteiger partial charge in [0.05, 0.1) is 0 Å². The largest absolute Gasteiger partial charge is 0.135 e. The van der Waals surface area contributed by atoms with Crippen LogP contribution in [0.4, 0.5) is 0 Å². The fourth-order valence-electron chi connectivity index (χ4n) is 1.80. The zero-order valence-corrected chi connectivity index (χ0v) is 13.9. The summed E-state index contributed by atoms with van der Waals surface area (Å²) in [5.74, 6) is 0. The van der Waals surface area contributed by atoms with Crippen LogP contribution in [0.1, 0.15) is 78.6 Å². The van der Waals surface area contributed by atoms with Gasteiger partial charge in [0.25, 0.3) is 0 Å². The molecule has 2 heteroatoms. The zero-order valence-electron chi connectivity index (χ0n) is 10.9. The maximum Gasteiger partial charge on any atom is 0.104 e. The van der Waals surface area contributed by atoms with Crippen molar-refractivity contribution >= 4 is 23.4 Å². The average molecular weight is 293 g/mol. The number of rotatable bonds is 10. The van der Waals surface area contributed by atoms with E-state index in [2.05, 4.69) is 36.1 Å². The SMILES string of the molecule is CCCCCCCCCCC(C)(C)[SiH2]Br. The molecule has 0 bridgehead atoms. The summed E-state index contributed by atoms with van der Waals surface area (Å²) < 4.78 is 0. The molecule has 0 aromatic carbocycles. The Kier molecular flexibility index (Phi) is 10.3. The van der Waals surface area contributed by atoms with E-state index in [0.717, 1.165) is 0 Å². The van der Waals surface area contributed by atoms with Crippen LogP contribution in [0.3, 0.4) is 0 Å². The first-order valence-corrected chi connectivity index (χ1v) is 11.3. The molecule has 0 aliphatic carbocycles. The van der Waals surface area contributed by atoms with E-state index in [1.807, 2.05) is 0 Å². The predicted octanol–water partition coefficient (Wildman–Crippen LogP) is 5.19. The Labute approximate surface area is 107 Å². The van der Waals surface area contributed by atoms with E-state index in [4.69, 9.17) is 0 Å². The molecule has 0 amide bonds. The van der Waals surface area contributed by atoms with Gasteiger partial charge in [0.1, 0.15) is 8.14 Å². The maximum atomic E-state index is 3.72. The fraction of sp³-hybridized carbons (Fsp3) is 1.00. The van der Waals surface area contributed by atoms with Crippen LogP contribution in [0.25, 0.3) is 0 Å². The lowest BCUT2D eigenvalue weighted by atomic mass is 10.0. The van der Waals surface area contributed by atoms with Gasteiger partial charge in [-0.05, 0) is 5.04 Å². The smallest absolute Gasteiger partial charge is 0.104 e. The summed E-state index contributed by atoms with van der Waals surface area (Å²) >= 11 is 3.72. The van der Waals surface area contributed by atoms with Gasteiger partial charge < -0.3 is 0 Å². The van der Waals surface area contributed by atoms with E-state index < -0.39 is 0 Å². The Hall–Kier alpha value is 0.697. The molecule has 0 unspecified atom stereocenters. The second-order valence-corrected chi connectivity index (χ2v) is 9.39. The molecule has 0 atom stereocenters. The van der Waals surface area contributed by atoms with Gasteiger partial charge in [-0.2, -0.15) is 0 Å². The number of unbranched alkanes of at least 4 members (excludes halogenated alkanes) is 7. The summed E-state index contributed by atoms with van der Waals surface area (Å²) in [5, 5.41) is 0.641. The van der Waals surface area contributed by atoms with Crippen molar-refractivity contribution in [2.24, 2.45) is 0 Å². The third-order valence-electron chi connectivity index (χ3n) is 3.07. The fourth-order valence-corrected chi connectivity index (χ4v) is 3.03. The molecule has 0 aliphatic heterocycles. The van der Waals surface area contributed by atoms with Crippen LogP contribution in [0.15, 0.2) is 0 Å². The Balaban J connectivity index is 3.11. The van der Waals surface area contributed by atoms with E-state index in [9.17, 15) is 0 Å². The van der Waals surface area contributed by atoms with Crippen LogP contribution in [-0.2, 0) is 0 Å². The van der Waals surface area contributed by atoms with Gasteiger partial charge in [-0.1, -0.05) is 78.6 Å². The second-order valence-electron chi connectivity index (χ2n) is 5.52. The van der Waals surface area contributed by atoms with E-state index in [-0.39, 0.29) is 8.14 Å². The minimum Gasteiger partial charge on any atom is -0.135 e. The summed E-state index contributed by atoms with van der Waals surface area (Å²) in [4.78, 5) is 0. The lowest BCUT2D eigenvalue weighted by molar-refractivity contribution is 0.520. The summed E-state index contributed by atoms with van der Waals surface area (Å²) in [6, 6.07) is 0. The summed E-state index contributed by atoms with van der Waals surface area (Å²) in [7, 11) is 0.00364. The lowest BCUT2D eigenvalue weighted by Crippen LogP contribution is -2.07. The maximum absolute atomic E-state index is 3.72. The molecule has 0 heterocycles. The Morgan fingerprint density at radius 1 is 0.867 bits per heavy atom. The van der Waals surface area contributed by atoms with Crippen molar-refractivity contribution in [2.45, 2.75) is 83.6 Å². The van der Waals surface area contributed by atoms with Crippen molar-refractivity contribution in [3.8, 4) is 0 Å². The third-order valence-corrected chi connectivity index (χ3v) is 8.70. The zero-order chi connectivity index (χ0) is 11.6. The van der Waals surface area contributed by atoms with Crippen LogP contribution in [0.5, 0.6) is 0 Å². The summed E-state index contributed by atoms with van der Waals surface area (Å²) in [6.45, 7) is 7.11. The molecule has 92 valence electrons. The monoisotopic (exact) mass is 292 g/mol. The van der Waals surface area contributed by atoms with Crippen molar-refractivity contribution in [3.05, 3.63) is 0 Å². The van der Waals surface area contributed by atoms with Crippen LogP contribution in [-0.4, -0.2) is 8.14 Å². The second kappa shape index (κ2) is 9.89. The normalized spacial score (nSPS) is 12.8. The third kappa shape index (κ3) is 11.0. The highest BCUT2D eigenvalue weighted by Crippen LogP contribution is 2.31. The van der Waals surface area contributed by atoms with Crippen LogP contribution in [0, 0.1) is 0 Å². The van der Waals surface area contributed by atoms with Crippen molar-refractivity contribution in [1.29, 1.82) is 0 Å². The quantitative estimate of drug-likeness (QED) is 0.295. The minimum absolute atomic E-state index is 0.00364. The highest BCUT2D eigenvalue weighted by atomic mass is 79.9. The van der Waals surface area contributed by atoms with Crippen molar-refractivity contribution in [2.75, 3.05) is 0 Å². The first kappa shape index (κ1) is 15.7. The molecule has 0 rings (SSSR count). The average Bonchev–Trinajstić information content (AvgIpc) is 2.22. The minimum atomic E-state index is 0.00364. The van der Waals surface area contributed by atoms with Crippen LogP contribution < -0.4 is 0 Å². The van der Waals surface area contributed by atoms with Crippen molar-refractivity contribution in [3.63, 3.8) is 0 Å². The molecule has 0 aliphatic rings. The first-order valence-electron chi connectivity index (χ1n) is 6.68. The predicted molar refractivity (Wildman–Crippen MR) is 78.7 cm³/mol. The van der Waals surface area contributed by atoms with Gasteiger partial charge in [0.15, 0.2) is 0 Å². The van der Waals surface area contributed by atoms with Crippen molar-refractivity contribution < 1.29 is 0 Å². The standard InChI is InChI=1S/C13H29BrSi/c1-4-5-6-7-8-9-10-11-12-13(2,3)15-14/h4-12,15H2,1-3H3. The lowest BCUT2D eigenvalue weighted by Gasteiger charge is -2.20. The van der Waals surface area contributed by atoms with Gasteiger partial charge in [0, 0.05) is 0 Å². The highest BCUT2D eigenvalue weighted by molar-refractivity contribution is 9.23. The van der Waals surface area contributed by atoms with Gasteiger partial charge in [-0.15, -0.1) is 15.3 Å². The first-order chi connectivity index (χ1) is 7.12. The molecule has 0 N–H and O–H groups in total. The van der Waals surface area contributed by atoms with Gasteiger partial charge in [0.2, 0.25) is 0 Å². The van der Waals surface area contributed by atoms with Crippen molar-refractivity contribution in [1.82, 2.24) is 0 Å². The molecule has 15 heavy (non-hydrogen) atoms. The Bertz CT molecular complexity index is 134.